The molecule has 10 aliphatic heterocycles. The number of nitrogens with one attached hydrogen (secondary N) is 11. The predicted octanol–water partition coefficient (Wildman–Crippen LogP) is -2.02. The summed E-state index contributed by atoms with van der Waals surface area (Å²) in [6, 6.07) is 0.0492. The van der Waals surface area contributed by atoms with Crippen molar-refractivity contribution in [3.8, 4) is 0 Å². The molecule has 13 fully saturated rings. The van der Waals surface area contributed by atoms with E-state index in [1.807, 2.05) is 102 Å². The van der Waals surface area contributed by atoms with E-state index in [9.17, 15) is 47.9 Å². The zero-order valence-electron chi connectivity index (χ0n) is 84.0. The summed E-state index contributed by atoms with van der Waals surface area (Å²) in [5.41, 5.74) is -0.209. The number of hydrogen-bond acceptors (Lipinski definition) is 30. The summed E-state index contributed by atoms with van der Waals surface area (Å²) in [5, 5.41) is 32.4. The van der Waals surface area contributed by atoms with Crippen molar-refractivity contribution < 1.29 is 95.3 Å². The number of ether oxygens (including phenoxy) is 10. The molecule has 0 aromatic carbocycles. The standard InChI is InChI=1S/C11H20N2O2.C11H22N2O2.C10H18N2O2.2C10H20N2O2.C9H16N2O2.C9H18N2O2.C8H16N2O2.C7H14N2O2.C6H12N2O2/c1-12-10-8-15-7-6-13(11(10)14)9-4-2-3-5-9;1-5-11(2,3)13-6-7-15-8-9(12-4)10(13)14;1-11-9-7-14-6-5-12(10(9)13)8-3-2-4-8;1-10(2,3)12-5-6-14-7-8(11-4)9(12)13;1-8(2)6-12-4-5-14-7-9(11-3)10(12)13;1-10-8-6-13-5-4-11(9(8)12)7-2-3-7;1-7(2)11-4-5-13-6-8(10-3)9(11)12;1-3-10-4-5-12-6-7(9-2)8(10)11;1-8-6-5-11-4-3-9(2)7(6)10;1-7-5-4-10-3-2-8-6(5)9/h9-10,12H,2-8H2,1H3;9,12H,5-8H2,1-4H3;8-9,11H,2-7H2,1H3;8,11H,5-7H2,1-4H3;8-9,11H,4-7H2,1-3H3;7-8,10H,2-6H2,1H3;7-8,10H,4-6H2,1-3H3;7,9H,3-6H2,1-2H3;6,8H,3-5H2,1-2H3;5,7H,2-4H2,1H3,(H,8,9). The lowest BCUT2D eigenvalue weighted by molar-refractivity contribution is -0.138. The van der Waals surface area contributed by atoms with Crippen LogP contribution in [-0.2, 0) is 95.3 Å². The number of carbonyl (C=O) groups excluding carboxylic acids is 10. The van der Waals surface area contributed by atoms with Crippen LogP contribution in [0.4, 0.5) is 0 Å². The summed E-state index contributed by atoms with van der Waals surface area (Å²) in [4.78, 5) is 135. The molecule has 10 atom stereocenters. The molecule has 40 heteroatoms. The van der Waals surface area contributed by atoms with E-state index in [0.29, 0.717) is 195 Å². The fourth-order valence-corrected chi connectivity index (χ4v) is 15.9. The van der Waals surface area contributed by atoms with Crippen LogP contribution in [0.2, 0.25) is 0 Å². The number of amides is 10. The Bertz CT molecular complexity index is 3220. The molecular formula is C91H176N20O20. The molecule has 10 heterocycles. The van der Waals surface area contributed by atoms with Gasteiger partial charge in [-0.3, -0.25) is 47.9 Å². The lowest BCUT2D eigenvalue weighted by Gasteiger charge is -2.38. The highest BCUT2D eigenvalue weighted by atomic mass is 16.5. The Labute approximate surface area is 783 Å². The summed E-state index contributed by atoms with van der Waals surface area (Å²) in [6.45, 7) is 42.8. The molecule has 11 N–H and O–H groups in total. The van der Waals surface area contributed by atoms with E-state index < -0.39 is 0 Å². The molecule has 131 heavy (non-hydrogen) atoms. The molecule has 3 aliphatic carbocycles. The number of nitrogens with zero attached hydrogens (tertiary/aromatic N) is 9. The summed E-state index contributed by atoms with van der Waals surface area (Å²) in [7, 11) is 19.7. The topological polar surface area (TPSA) is 424 Å². The minimum absolute atomic E-state index is 0.0278. The van der Waals surface area contributed by atoms with Gasteiger partial charge in [0, 0.05) is 121 Å². The SMILES string of the molecule is CCC(C)(C)N1CCOCC(NC)C1=O.CCN1CCOCC(NC)C1=O.CNC1COCCN(C(C)(C)C)C1=O.CNC1COCCN(C(C)C)C1=O.CNC1COCCN(C)C1=O.CNC1COCCN(C2CC2)C1=O.CNC1COCCN(C2CCC2)C1=O.CNC1COCCN(C2CCCC2)C1=O.CNC1COCCN(CC(C)C)C1=O.CNC1COCCNC1=O. The van der Waals surface area contributed by atoms with Crippen LogP contribution < -0.4 is 58.5 Å². The third-order valence-electron chi connectivity index (χ3n) is 25.2. The second kappa shape index (κ2) is 64.1. The van der Waals surface area contributed by atoms with Gasteiger partial charge in [-0.2, -0.15) is 0 Å². The van der Waals surface area contributed by atoms with Gasteiger partial charge >= 0.3 is 0 Å². The summed E-state index contributed by atoms with van der Waals surface area (Å²) in [5.74, 6) is 2.06. The van der Waals surface area contributed by atoms with Crippen LogP contribution in [-0.4, -0.2) is 487 Å². The largest absolute Gasteiger partial charge is 0.377 e. The van der Waals surface area contributed by atoms with Gasteiger partial charge in [0.15, 0.2) is 0 Å². The van der Waals surface area contributed by atoms with Gasteiger partial charge in [-0.15, -0.1) is 0 Å². The third kappa shape index (κ3) is 40.2. The van der Waals surface area contributed by atoms with E-state index >= 15 is 0 Å². The Morgan fingerprint density at radius 1 is 0.328 bits per heavy atom. The van der Waals surface area contributed by atoms with E-state index in [4.69, 9.17) is 47.4 Å². The zero-order valence-corrected chi connectivity index (χ0v) is 84.0. The Morgan fingerprint density at radius 3 is 0.977 bits per heavy atom. The monoisotopic (exact) mass is 1870 g/mol. The highest BCUT2D eigenvalue weighted by Crippen LogP contribution is 2.30. The highest BCUT2D eigenvalue weighted by molar-refractivity contribution is 5.87. The van der Waals surface area contributed by atoms with E-state index in [-0.39, 0.29) is 137 Å². The maximum absolute atomic E-state index is 12.2. The molecule has 10 amide bonds. The number of carbonyl (C=O) groups is 10. The first kappa shape index (κ1) is 117. The molecule has 0 bridgehead atoms. The Morgan fingerprint density at radius 2 is 0.626 bits per heavy atom. The molecule has 0 spiro atoms. The normalized spacial score (nSPS) is 26.8. The first-order valence-electron chi connectivity index (χ1n) is 48.1. The third-order valence-corrected chi connectivity index (χ3v) is 25.2. The Hall–Kier alpha value is -6.10. The van der Waals surface area contributed by atoms with Crippen LogP contribution in [0.5, 0.6) is 0 Å². The van der Waals surface area contributed by atoms with E-state index in [0.717, 1.165) is 45.7 Å². The molecule has 760 valence electrons. The van der Waals surface area contributed by atoms with Crippen molar-refractivity contribution in [3.05, 3.63) is 0 Å². The van der Waals surface area contributed by atoms with E-state index in [1.54, 1.807) is 61.3 Å². The summed E-state index contributed by atoms with van der Waals surface area (Å²) >= 11 is 0. The quantitative estimate of drug-likeness (QED) is 0.0665. The molecule has 10 saturated heterocycles. The van der Waals surface area contributed by atoms with Crippen molar-refractivity contribution in [2.45, 2.75) is 236 Å². The molecule has 0 aromatic heterocycles. The first-order chi connectivity index (χ1) is 62.7. The second-order valence-corrected chi connectivity index (χ2v) is 36.6. The van der Waals surface area contributed by atoms with Crippen molar-refractivity contribution in [3.63, 3.8) is 0 Å². The average molecular weight is 1870 g/mol. The van der Waals surface area contributed by atoms with Gasteiger partial charge in [0.05, 0.1) is 132 Å². The van der Waals surface area contributed by atoms with Crippen LogP contribution >= 0.6 is 0 Å². The zero-order chi connectivity index (χ0) is 97.2. The number of hydrogen-bond donors (Lipinski definition) is 11. The fourth-order valence-electron chi connectivity index (χ4n) is 15.9. The van der Waals surface area contributed by atoms with Crippen LogP contribution in [0.3, 0.4) is 0 Å². The maximum Gasteiger partial charge on any atom is 0.242 e. The molecule has 10 unspecified atom stereocenters. The fraction of sp³-hybridized carbons (Fsp3) is 0.890. The molecule has 3 saturated carbocycles. The lowest BCUT2D eigenvalue weighted by Crippen LogP contribution is -2.54. The predicted molar refractivity (Wildman–Crippen MR) is 503 cm³/mol. The van der Waals surface area contributed by atoms with Crippen LogP contribution in [0.25, 0.3) is 0 Å². The minimum atomic E-state index is -0.197. The molecule has 13 rings (SSSR count). The van der Waals surface area contributed by atoms with Gasteiger partial charge in [-0.25, -0.2) is 0 Å². The Balaban J connectivity index is 0.000000305. The minimum Gasteiger partial charge on any atom is -0.377 e. The highest BCUT2D eigenvalue weighted by Gasteiger charge is 2.41. The van der Waals surface area contributed by atoms with E-state index in [1.165, 1.54) is 57.8 Å². The van der Waals surface area contributed by atoms with Gasteiger partial charge in [0.25, 0.3) is 0 Å². The van der Waals surface area contributed by atoms with E-state index in [2.05, 4.69) is 93.1 Å². The van der Waals surface area contributed by atoms with Crippen molar-refractivity contribution in [2.24, 2.45) is 5.92 Å². The van der Waals surface area contributed by atoms with Gasteiger partial charge in [-0.1, -0.05) is 33.6 Å². The van der Waals surface area contributed by atoms with Gasteiger partial charge < -0.3 is 150 Å². The second-order valence-electron chi connectivity index (χ2n) is 36.6. The van der Waals surface area contributed by atoms with Crippen LogP contribution in [0.15, 0.2) is 0 Å². The number of likely N-dealkylation sites (N-methyl/N-ethyl adjacent to an activating group) is 12. The van der Waals surface area contributed by atoms with Crippen LogP contribution in [0, 0.1) is 5.92 Å². The Kier molecular flexibility index (Phi) is 57.3. The molecule has 0 radical (unpaired) electrons. The van der Waals surface area contributed by atoms with Crippen LogP contribution in [0.1, 0.15) is 140 Å². The van der Waals surface area contributed by atoms with Gasteiger partial charge in [-0.05, 0) is 183 Å². The number of rotatable bonds is 19. The lowest BCUT2D eigenvalue weighted by atomic mass is 9.91. The van der Waals surface area contributed by atoms with Crippen molar-refractivity contribution in [1.29, 1.82) is 0 Å². The first-order valence-corrected chi connectivity index (χ1v) is 48.1. The van der Waals surface area contributed by atoms with Crippen molar-refractivity contribution >= 4 is 59.1 Å². The molecule has 13 aliphatic rings. The smallest absolute Gasteiger partial charge is 0.242 e. The summed E-state index contributed by atoms with van der Waals surface area (Å²) in [6.07, 6.45) is 11.8. The molecule has 0 aromatic rings. The average Bonchev–Trinajstić information content (AvgIpc) is 1.75. The maximum atomic E-state index is 12.2. The van der Waals surface area contributed by atoms with Gasteiger partial charge in [0.1, 0.15) is 60.4 Å². The molecular weight excluding hydrogens is 1690 g/mol. The van der Waals surface area contributed by atoms with Crippen molar-refractivity contribution in [2.75, 3.05) is 288 Å². The van der Waals surface area contributed by atoms with Crippen molar-refractivity contribution in [1.82, 2.24) is 103 Å². The van der Waals surface area contributed by atoms with Gasteiger partial charge in [0.2, 0.25) is 59.1 Å². The summed E-state index contributed by atoms with van der Waals surface area (Å²) < 4.78 is 53.3. The molecule has 40 nitrogen and oxygen atoms in total.